The van der Waals surface area contributed by atoms with Crippen LogP contribution in [0.1, 0.15) is 10.4 Å². The second-order valence-electron chi connectivity index (χ2n) is 2.84. The fourth-order valence-corrected chi connectivity index (χ4v) is 2.59. The fraction of sp³-hybridized carbons (Fsp3) is 0.429. The lowest BCUT2D eigenvalue weighted by Gasteiger charge is -2.18. The zero-order chi connectivity index (χ0) is 9.42. The number of nitroso groups, excluding NO2 is 1. The number of nitrogens with zero attached hydrogens (tertiary/aromatic N) is 2. The first kappa shape index (κ1) is 8.93. The summed E-state index contributed by atoms with van der Waals surface area (Å²) in [7, 11) is 0. The van der Waals surface area contributed by atoms with E-state index >= 15 is 0 Å². The molecule has 1 aromatic heterocycles. The SMILES string of the molecule is O=Nc1c(O)sc2c1CN(Cl)CC2. The van der Waals surface area contributed by atoms with E-state index in [9.17, 15) is 10.0 Å². The van der Waals surface area contributed by atoms with Crippen molar-refractivity contribution in [3.8, 4) is 5.06 Å². The zero-order valence-electron chi connectivity index (χ0n) is 6.66. The average molecular weight is 219 g/mol. The summed E-state index contributed by atoms with van der Waals surface area (Å²) in [6.07, 6.45) is 0.770. The highest BCUT2D eigenvalue weighted by molar-refractivity contribution is 7.14. The minimum Gasteiger partial charge on any atom is -0.498 e. The van der Waals surface area contributed by atoms with Crippen molar-refractivity contribution < 1.29 is 5.11 Å². The van der Waals surface area contributed by atoms with Gasteiger partial charge in [0.2, 0.25) is 5.06 Å². The molecule has 6 heteroatoms. The minimum atomic E-state index is 0.00645. The molecule has 4 nitrogen and oxygen atoms in total. The highest BCUT2D eigenvalue weighted by Crippen LogP contribution is 2.43. The van der Waals surface area contributed by atoms with Crippen LogP contribution in [0.5, 0.6) is 5.06 Å². The fourth-order valence-electron chi connectivity index (χ4n) is 1.42. The van der Waals surface area contributed by atoms with E-state index in [2.05, 4.69) is 5.18 Å². The normalized spacial score (nSPS) is 17.0. The van der Waals surface area contributed by atoms with Crippen LogP contribution in [0.15, 0.2) is 5.18 Å². The van der Waals surface area contributed by atoms with Crippen LogP contribution in [0, 0.1) is 4.91 Å². The lowest BCUT2D eigenvalue weighted by atomic mass is 10.1. The van der Waals surface area contributed by atoms with Crippen molar-refractivity contribution in [2.75, 3.05) is 6.54 Å². The minimum absolute atomic E-state index is 0.00645. The van der Waals surface area contributed by atoms with Gasteiger partial charge in [0.1, 0.15) is 0 Å². The Morgan fingerprint density at radius 3 is 3.08 bits per heavy atom. The summed E-state index contributed by atoms with van der Waals surface area (Å²) in [6.45, 7) is 1.22. The molecule has 0 spiro atoms. The van der Waals surface area contributed by atoms with Crippen molar-refractivity contribution in [3.63, 3.8) is 0 Å². The molecular formula is C7H7ClN2O2S. The van der Waals surface area contributed by atoms with Crippen molar-refractivity contribution >= 4 is 28.8 Å². The van der Waals surface area contributed by atoms with Crippen LogP contribution < -0.4 is 0 Å². The van der Waals surface area contributed by atoms with E-state index in [1.807, 2.05) is 0 Å². The largest absolute Gasteiger partial charge is 0.498 e. The molecule has 0 amide bonds. The van der Waals surface area contributed by atoms with Gasteiger partial charge in [-0.3, -0.25) is 0 Å². The first-order valence-electron chi connectivity index (χ1n) is 3.80. The third-order valence-corrected chi connectivity index (χ3v) is 3.42. The van der Waals surface area contributed by atoms with E-state index in [1.54, 1.807) is 4.42 Å². The van der Waals surface area contributed by atoms with Crippen LogP contribution in [0.3, 0.4) is 0 Å². The van der Waals surface area contributed by atoms with Crippen LogP contribution >= 0.6 is 23.1 Å². The van der Waals surface area contributed by atoms with Crippen molar-refractivity contribution in [3.05, 3.63) is 15.3 Å². The van der Waals surface area contributed by atoms with Gasteiger partial charge < -0.3 is 5.11 Å². The molecule has 0 aliphatic carbocycles. The van der Waals surface area contributed by atoms with E-state index in [-0.39, 0.29) is 10.8 Å². The number of halogens is 1. The van der Waals surface area contributed by atoms with Crippen LogP contribution in [-0.2, 0) is 13.0 Å². The Morgan fingerprint density at radius 1 is 1.62 bits per heavy atom. The molecule has 1 N–H and O–H groups in total. The number of hydrogen-bond acceptors (Lipinski definition) is 5. The summed E-state index contributed by atoms with van der Waals surface area (Å²) >= 11 is 7.02. The average Bonchev–Trinajstić information content (AvgIpc) is 2.40. The van der Waals surface area contributed by atoms with Gasteiger partial charge in [0.05, 0.1) is 0 Å². The molecule has 70 valence electrons. The zero-order valence-corrected chi connectivity index (χ0v) is 8.23. The van der Waals surface area contributed by atoms with Crippen LogP contribution in [0.4, 0.5) is 5.69 Å². The Labute approximate surface area is 83.8 Å². The molecule has 0 fully saturated rings. The van der Waals surface area contributed by atoms with Gasteiger partial charge in [0.25, 0.3) is 0 Å². The van der Waals surface area contributed by atoms with Crippen LogP contribution in [-0.4, -0.2) is 16.1 Å². The van der Waals surface area contributed by atoms with Crippen molar-refractivity contribution in [2.24, 2.45) is 5.18 Å². The quantitative estimate of drug-likeness (QED) is 0.582. The van der Waals surface area contributed by atoms with E-state index in [0.29, 0.717) is 6.54 Å². The first-order valence-corrected chi connectivity index (χ1v) is 4.95. The standard InChI is InChI=1S/C7H7ClN2O2S/c8-10-2-1-5-4(3-10)6(9-12)7(11)13-5/h11H,1-3H2. The summed E-state index contributed by atoms with van der Waals surface area (Å²) in [5.41, 5.74) is 0.934. The molecule has 0 aromatic carbocycles. The van der Waals surface area contributed by atoms with Gasteiger partial charge >= 0.3 is 0 Å². The van der Waals surface area contributed by atoms with Crippen molar-refractivity contribution in [1.29, 1.82) is 0 Å². The van der Waals surface area contributed by atoms with E-state index < -0.39 is 0 Å². The predicted molar refractivity (Wildman–Crippen MR) is 51.4 cm³/mol. The van der Waals surface area contributed by atoms with Crippen LogP contribution in [0.2, 0.25) is 0 Å². The molecule has 13 heavy (non-hydrogen) atoms. The van der Waals surface area contributed by atoms with Crippen molar-refractivity contribution in [1.82, 2.24) is 4.42 Å². The lowest BCUT2D eigenvalue weighted by Crippen LogP contribution is -2.20. The Balaban J connectivity index is 2.48. The van der Waals surface area contributed by atoms with E-state index in [1.165, 1.54) is 11.3 Å². The number of hydrogen-bond donors (Lipinski definition) is 1. The van der Waals surface area contributed by atoms with E-state index in [0.717, 1.165) is 23.4 Å². The maximum Gasteiger partial charge on any atom is 0.201 e. The first-order chi connectivity index (χ1) is 6.22. The molecule has 0 atom stereocenters. The molecular weight excluding hydrogens is 212 g/mol. The highest BCUT2D eigenvalue weighted by Gasteiger charge is 2.24. The molecule has 1 aliphatic heterocycles. The number of fused-ring (bicyclic) bond motifs is 1. The number of thiophene rings is 1. The van der Waals surface area contributed by atoms with Crippen molar-refractivity contribution in [2.45, 2.75) is 13.0 Å². The van der Waals surface area contributed by atoms with Gasteiger partial charge in [-0.1, -0.05) is 0 Å². The number of rotatable bonds is 1. The van der Waals surface area contributed by atoms with Gasteiger partial charge in [-0.15, -0.1) is 16.2 Å². The topological polar surface area (TPSA) is 52.9 Å². The van der Waals surface area contributed by atoms with Gasteiger partial charge in [-0.05, 0) is 23.4 Å². The molecule has 2 heterocycles. The Kier molecular flexibility index (Phi) is 2.23. The maximum absolute atomic E-state index is 10.4. The molecule has 2 rings (SSSR count). The van der Waals surface area contributed by atoms with Gasteiger partial charge in [-0.2, -0.15) is 0 Å². The molecule has 0 bridgehead atoms. The molecule has 0 unspecified atom stereocenters. The summed E-state index contributed by atoms with van der Waals surface area (Å²) in [5.74, 6) is 0. The Morgan fingerprint density at radius 2 is 2.38 bits per heavy atom. The van der Waals surface area contributed by atoms with E-state index in [4.69, 9.17) is 11.8 Å². The maximum atomic E-state index is 10.4. The number of aromatic hydroxyl groups is 1. The summed E-state index contributed by atoms with van der Waals surface area (Å²) in [4.78, 5) is 11.4. The highest BCUT2D eigenvalue weighted by atomic mass is 35.5. The second-order valence-corrected chi connectivity index (χ2v) is 4.40. The lowest BCUT2D eigenvalue weighted by molar-refractivity contribution is 0.432. The van der Waals surface area contributed by atoms with Gasteiger partial charge in [0.15, 0.2) is 5.69 Å². The van der Waals surface area contributed by atoms with Gasteiger partial charge in [0, 0.05) is 23.5 Å². The third kappa shape index (κ3) is 1.43. The molecule has 0 saturated carbocycles. The Bertz CT molecular complexity index is 353. The summed E-state index contributed by atoms with van der Waals surface area (Å²) in [5, 5.41) is 12.2. The van der Waals surface area contributed by atoms with Crippen LogP contribution in [0.25, 0.3) is 0 Å². The molecule has 0 saturated heterocycles. The summed E-state index contributed by atoms with van der Waals surface area (Å²) < 4.78 is 1.59. The predicted octanol–water partition coefficient (Wildman–Crippen LogP) is 2.36. The summed E-state index contributed by atoms with van der Waals surface area (Å²) in [6, 6.07) is 0. The molecule has 1 aliphatic rings. The smallest absolute Gasteiger partial charge is 0.201 e. The Hall–Kier alpha value is -0.650. The van der Waals surface area contributed by atoms with Gasteiger partial charge in [-0.25, -0.2) is 4.42 Å². The second kappa shape index (κ2) is 3.25. The molecule has 1 aromatic rings. The monoisotopic (exact) mass is 218 g/mol. The third-order valence-electron chi connectivity index (χ3n) is 2.05. The molecule has 0 radical (unpaired) electrons.